The maximum atomic E-state index is 5.84. The van der Waals surface area contributed by atoms with E-state index in [2.05, 4.69) is 38.8 Å². The second-order valence-electron chi connectivity index (χ2n) is 3.49. The van der Waals surface area contributed by atoms with Crippen LogP contribution in [0.15, 0.2) is 0 Å². The van der Waals surface area contributed by atoms with Gasteiger partial charge in [0.05, 0.1) is 0 Å². The van der Waals surface area contributed by atoms with Crippen LogP contribution < -0.4 is 10.6 Å². The lowest BCUT2D eigenvalue weighted by atomic mass is 10.3. The molecule has 1 heterocycles. The van der Waals surface area contributed by atoms with E-state index in [1.54, 1.807) is 11.8 Å². The van der Waals surface area contributed by atoms with Crippen LogP contribution in [-0.2, 0) is 0 Å². The van der Waals surface area contributed by atoms with Gasteiger partial charge in [0.15, 0.2) is 0 Å². The summed E-state index contributed by atoms with van der Waals surface area (Å²) in [5.74, 6) is 2.05. The van der Waals surface area contributed by atoms with Gasteiger partial charge in [-0.15, -0.1) is 0 Å². The van der Waals surface area contributed by atoms with Crippen molar-refractivity contribution in [1.82, 2.24) is 15.0 Å². The average Bonchev–Trinajstić information content (AvgIpc) is 2.28. The number of thioether (sulfide) groups is 1. The molecule has 0 aliphatic rings. The number of nitrogens with one attached hydrogen (secondary N) is 2. The van der Waals surface area contributed by atoms with E-state index in [4.69, 9.17) is 11.6 Å². The highest BCUT2D eigenvalue weighted by Gasteiger charge is 2.09. The van der Waals surface area contributed by atoms with Crippen molar-refractivity contribution in [2.24, 2.45) is 0 Å². The molecule has 0 amide bonds. The van der Waals surface area contributed by atoms with Gasteiger partial charge >= 0.3 is 0 Å². The third kappa shape index (κ3) is 4.95. The number of hydrogen-bond donors (Lipinski definition) is 2. The minimum absolute atomic E-state index is 0.206. The van der Waals surface area contributed by atoms with E-state index >= 15 is 0 Å². The number of rotatable bonds is 7. The second-order valence-corrected chi connectivity index (χ2v) is 4.74. The summed E-state index contributed by atoms with van der Waals surface area (Å²) in [6, 6.07) is 0.345. The summed E-state index contributed by atoms with van der Waals surface area (Å²) >= 11 is 7.63. The Morgan fingerprint density at radius 2 is 1.94 bits per heavy atom. The predicted molar refractivity (Wildman–Crippen MR) is 75.1 cm³/mol. The first-order chi connectivity index (χ1) is 8.19. The third-order valence-corrected chi connectivity index (χ3v) is 3.04. The molecule has 0 spiro atoms. The van der Waals surface area contributed by atoms with Gasteiger partial charge in [-0.3, -0.25) is 0 Å². The molecule has 1 atom stereocenters. The fourth-order valence-electron chi connectivity index (χ4n) is 1.30. The molecule has 1 aromatic heterocycles. The van der Waals surface area contributed by atoms with Crippen molar-refractivity contribution in [3.05, 3.63) is 5.28 Å². The molecule has 0 bridgehead atoms. The van der Waals surface area contributed by atoms with Crippen LogP contribution in [0.1, 0.15) is 20.3 Å². The first-order valence-corrected chi connectivity index (χ1v) is 7.37. The molecule has 0 aliphatic heterocycles. The van der Waals surface area contributed by atoms with Crippen LogP contribution in [-0.4, -0.2) is 39.5 Å². The van der Waals surface area contributed by atoms with Gasteiger partial charge < -0.3 is 10.6 Å². The Morgan fingerprint density at radius 3 is 2.53 bits per heavy atom. The van der Waals surface area contributed by atoms with Gasteiger partial charge in [0.1, 0.15) is 0 Å². The smallest absolute Gasteiger partial charge is 0.229 e. The van der Waals surface area contributed by atoms with Gasteiger partial charge in [-0.05, 0) is 31.2 Å². The van der Waals surface area contributed by atoms with Crippen LogP contribution in [0, 0.1) is 0 Å². The van der Waals surface area contributed by atoms with Gasteiger partial charge in [-0.25, -0.2) is 0 Å². The molecule has 5 nitrogen and oxygen atoms in total. The van der Waals surface area contributed by atoms with Crippen molar-refractivity contribution in [2.45, 2.75) is 26.3 Å². The largest absolute Gasteiger partial charge is 0.354 e. The molecule has 0 radical (unpaired) electrons. The lowest BCUT2D eigenvalue weighted by molar-refractivity contribution is 0.761. The van der Waals surface area contributed by atoms with Crippen molar-refractivity contribution < 1.29 is 0 Å². The second kappa shape index (κ2) is 7.55. The summed E-state index contributed by atoms with van der Waals surface area (Å²) in [6.45, 7) is 4.86. The summed E-state index contributed by atoms with van der Waals surface area (Å²) in [5.41, 5.74) is 0. The monoisotopic (exact) mass is 275 g/mol. The van der Waals surface area contributed by atoms with E-state index in [0.717, 1.165) is 18.7 Å². The van der Waals surface area contributed by atoms with Crippen molar-refractivity contribution >= 4 is 35.3 Å². The summed E-state index contributed by atoms with van der Waals surface area (Å²) in [4.78, 5) is 12.3. The van der Waals surface area contributed by atoms with E-state index in [0.29, 0.717) is 17.9 Å². The van der Waals surface area contributed by atoms with Crippen LogP contribution in [0.5, 0.6) is 0 Å². The maximum Gasteiger partial charge on any atom is 0.229 e. The number of nitrogens with zero attached hydrogens (tertiary/aromatic N) is 3. The number of halogens is 1. The van der Waals surface area contributed by atoms with E-state index in [-0.39, 0.29) is 5.28 Å². The first kappa shape index (κ1) is 14.3. The maximum absolute atomic E-state index is 5.84. The molecule has 7 heteroatoms. The number of aromatic nitrogens is 3. The minimum atomic E-state index is 0.206. The zero-order valence-corrected chi connectivity index (χ0v) is 11.9. The van der Waals surface area contributed by atoms with Gasteiger partial charge in [-0.1, -0.05) is 6.92 Å². The van der Waals surface area contributed by atoms with Crippen LogP contribution in [0.25, 0.3) is 0 Å². The molecule has 1 unspecified atom stereocenters. The summed E-state index contributed by atoms with van der Waals surface area (Å²) in [6.07, 6.45) is 3.09. The van der Waals surface area contributed by atoms with Crippen molar-refractivity contribution in [3.63, 3.8) is 0 Å². The summed E-state index contributed by atoms with van der Waals surface area (Å²) in [5, 5.41) is 6.49. The zero-order valence-electron chi connectivity index (χ0n) is 10.3. The van der Waals surface area contributed by atoms with Crippen LogP contribution >= 0.6 is 23.4 Å². The first-order valence-electron chi connectivity index (χ1n) is 5.60. The Labute approximate surface area is 111 Å². The van der Waals surface area contributed by atoms with Crippen LogP contribution in [0.2, 0.25) is 5.28 Å². The van der Waals surface area contributed by atoms with E-state index < -0.39 is 0 Å². The molecule has 17 heavy (non-hydrogen) atoms. The molecule has 1 rings (SSSR count). The van der Waals surface area contributed by atoms with Crippen LogP contribution in [0.3, 0.4) is 0 Å². The Bertz CT molecular complexity index is 349. The summed E-state index contributed by atoms with van der Waals surface area (Å²) in [7, 11) is 0. The zero-order chi connectivity index (χ0) is 12.7. The molecule has 2 N–H and O–H groups in total. The lowest BCUT2D eigenvalue weighted by Crippen LogP contribution is -2.23. The Morgan fingerprint density at radius 1 is 1.24 bits per heavy atom. The lowest BCUT2D eigenvalue weighted by Gasteiger charge is -2.15. The molecule has 0 aliphatic carbocycles. The number of anilines is 2. The molecule has 0 saturated heterocycles. The molecular weight excluding hydrogens is 258 g/mol. The topological polar surface area (TPSA) is 62.7 Å². The predicted octanol–water partition coefficient (Wildman–Crippen LogP) is 2.51. The van der Waals surface area contributed by atoms with Gasteiger partial charge in [0, 0.05) is 18.3 Å². The van der Waals surface area contributed by atoms with Crippen molar-refractivity contribution in [1.29, 1.82) is 0 Å². The molecule has 0 saturated carbocycles. The Hall–Kier alpha value is -0.750. The van der Waals surface area contributed by atoms with E-state index in [1.807, 2.05) is 6.92 Å². The highest BCUT2D eigenvalue weighted by molar-refractivity contribution is 7.98. The third-order valence-electron chi connectivity index (χ3n) is 2.14. The van der Waals surface area contributed by atoms with Crippen molar-refractivity contribution in [3.8, 4) is 0 Å². The SMILES string of the molecule is CCNc1nc(Cl)nc(NC(CC)CSC)n1. The fourth-order valence-corrected chi connectivity index (χ4v) is 2.18. The molecule has 96 valence electrons. The molecule has 0 aromatic carbocycles. The van der Waals surface area contributed by atoms with Gasteiger partial charge in [-0.2, -0.15) is 26.7 Å². The summed E-state index contributed by atoms with van der Waals surface area (Å²) < 4.78 is 0. The number of hydrogen-bond acceptors (Lipinski definition) is 6. The van der Waals surface area contributed by atoms with Gasteiger partial charge in [0.2, 0.25) is 17.2 Å². The average molecular weight is 276 g/mol. The van der Waals surface area contributed by atoms with Gasteiger partial charge in [0.25, 0.3) is 0 Å². The molecule has 0 fully saturated rings. The fraction of sp³-hybridized carbons (Fsp3) is 0.700. The van der Waals surface area contributed by atoms with E-state index in [9.17, 15) is 0 Å². The van der Waals surface area contributed by atoms with E-state index in [1.165, 1.54) is 0 Å². The molecule has 1 aromatic rings. The quantitative estimate of drug-likeness (QED) is 0.797. The highest BCUT2D eigenvalue weighted by atomic mass is 35.5. The highest BCUT2D eigenvalue weighted by Crippen LogP contribution is 2.12. The van der Waals surface area contributed by atoms with Crippen molar-refractivity contribution in [2.75, 3.05) is 29.2 Å². The Balaban J connectivity index is 2.75. The normalized spacial score (nSPS) is 12.2. The standard InChI is InChI=1S/C10H18ClN5S/c1-4-7(6-17-3)13-10-15-8(11)14-9(16-10)12-5-2/h7H,4-6H2,1-3H3,(H2,12,13,14,15,16). The van der Waals surface area contributed by atoms with Crippen LogP contribution in [0.4, 0.5) is 11.9 Å². The Kier molecular flexibility index (Phi) is 6.36. The molecular formula is C10H18ClN5S. The minimum Gasteiger partial charge on any atom is -0.354 e.